The summed E-state index contributed by atoms with van der Waals surface area (Å²) in [6.07, 6.45) is 17.4. The molecule has 4 saturated heterocycles. The van der Waals surface area contributed by atoms with Crippen molar-refractivity contribution < 1.29 is 0 Å². The van der Waals surface area contributed by atoms with Crippen LogP contribution in [0.1, 0.15) is 57.8 Å². The standard InChI is InChI=1S/C20H26N4.Mg/c1-2-14-10-16-5-6-18(23-16)12-20-8-7-19(24-20)11-17-4-3-15(22-17)9-13(1)21-14;/h9-11,13-14,17-18,20H,1-8,12H2;/q-4;+2/b15-9-,16-10-,19-11-;. The van der Waals surface area contributed by atoms with Gasteiger partial charge >= 0.3 is 23.1 Å². The molecule has 5 heterocycles. The summed E-state index contributed by atoms with van der Waals surface area (Å²) >= 11 is 0. The predicted octanol–water partition coefficient (Wildman–Crippen LogP) is 5.17. The Morgan fingerprint density at radius 1 is 0.600 bits per heavy atom. The van der Waals surface area contributed by atoms with Crippen molar-refractivity contribution in [2.24, 2.45) is 0 Å². The molecular formula is C20H26MgN4-2. The maximum atomic E-state index is 4.99. The van der Waals surface area contributed by atoms with Gasteiger partial charge in [-0.15, -0.1) is 48.4 Å². The molecule has 0 radical (unpaired) electrons. The molecule has 0 aliphatic carbocycles. The van der Waals surface area contributed by atoms with E-state index in [1.165, 1.54) is 42.8 Å². The second-order valence-electron chi connectivity index (χ2n) is 7.95. The van der Waals surface area contributed by atoms with Gasteiger partial charge in [0.15, 0.2) is 0 Å². The fourth-order valence-corrected chi connectivity index (χ4v) is 4.80. The summed E-state index contributed by atoms with van der Waals surface area (Å²) in [5.41, 5.74) is 3.86. The first kappa shape index (κ1) is 17.7. The van der Waals surface area contributed by atoms with Gasteiger partial charge in [-0.25, -0.2) is 0 Å². The molecule has 25 heavy (non-hydrogen) atoms. The average molecular weight is 347 g/mol. The van der Waals surface area contributed by atoms with Crippen LogP contribution in [-0.2, 0) is 0 Å². The molecule has 5 unspecified atom stereocenters. The van der Waals surface area contributed by atoms with Crippen LogP contribution in [-0.4, -0.2) is 53.3 Å². The van der Waals surface area contributed by atoms with Crippen LogP contribution >= 0.6 is 0 Å². The van der Waals surface area contributed by atoms with E-state index >= 15 is 0 Å². The van der Waals surface area contributed by atoms with Gasteiger partial charge in [0.1, 0.15) is 0 Å². The van der Waals surface area contributed by atoms with Gasteiger partial charge in [0.25, 0.3) is 0 Å². The molecule has 5 rings (SSSR count). The third-order valence-electron chi connectivity index (χ3n) is 6.03. The van der Waals surface area contributed by atoms with E-state index < -0.39 is 0 Å². The van der Waals surface area contributed by atoms with Crippen LogP contribution in [0.3, 0.4) is 0 Å². The Hall–Kier alpha value is -0.654. The number of hydrogen-bond donors (Lipinski definition) is 0. The van der Waals surface area contributed by atoms with Crippen molar-refractivity contribution in [3.05, 3.63) is 56.6 Å². The van der Waals surface area contributed by atoms with Crippen LogP contribution in [0, 0.1) is 0 Å². The van der Waals surface area contributed by atoms with Gasteiger partial charge in [0.05, 0.1) is 0 Å². The van der Waals surface area contributed by atoms with Crippen LogP contribution in [0.15, 0.2) is 35.3 Å². The molecule has 8 bridgehead atoms. The zero-order valence-electron chi connectivity index (χ0n) is 15.0. The largest absolute Gasteiger partial charge is 2.00 e. The molecular weight excluding hydrogens is 321 g/mol. The van der Waals surface area contributed by atoms with E-state index in [9.17, 15) is 0 Å². The van der Waals surface area contributed by atoms with Crippen molar-refractivity contribution in [2.45, 2.75) is 88.0 Å². The molecule has 0 aromatic heterocycles. The van der Waals surface area contributed by atoms with Crippen molar-refractivity contribution in [3.63, 3.8) is 0 Å². The normalized spacial score (nSPS) is 45.6. The fraction of sp³-hybridized carbons (Fsp3) is 0.700. The first-order chi connectivity index (χ1) is 11.8. The molecule has 0 amide bonds. The molecule has 5 aliphatic rings. The maximum absolute atomic E-state index is 4.99. The molecule has 5 heteroatoms. The van der Waals surface area contributed by atoms with Gasteiger partial charge in [-0.2, -0.15) is 17.1 Å². The number of hydrogen-bond acceptors (Lipinski definition) is 0. The van der Waals surface area contributed by atoms with Crippen LogP contribution < -0.4 is 0 Å². The van der Waals surface area contributed by atoms with Crippen LogP contribution in [0.25, 0.3) is 21.3 Å². The quantitative estimate of drug-likeness (QED) is 0.543. The molecule has 5 atom stereocenters. The molecule has 4 fully saturated rings. The zero-order chi connectivity index (χ0) is 15.9. The van der Waals surface area contributed by atoms with E-state index in [2.05, 4.69) is 18.2 Å². The van der Waals surface area contributed by atoms with Crippen molar-refractivity contribution in [1.82, 2.24) is 0 Å². The summed E-state index contributed by atoms with van der Waals surface area (Å²) in [5.74, 6) is 0. The van der Waals surface area contributed by atoms with Crippen molar-refractivity contribution in [1.29, 1.82) is 0 Å². The first-order valence-electron chi connectivity index (χ1n) is 9.75. The van der Waals surface area contributed by atoms with Gasteiger partial charge < -0.3 is 21.3 Å². The molecule has 0 aromatic rings. The van der Waals surface area contributed by atoms with E-state index in [0.717, 1.165) is 32.1 Å². The van der Waals surface area contributed by atoms with E-state index in [4.69, 9.17) is 21.3 Å². The minimum absolute atomic E-state index is 0. The Kier molecular flexibility index (Phi) is 5.35. The summed E-state index contributed by atoms with van der Waals surface area (Å²) in [6, 6.07) is 2.05. The van der Waals surface area contributed by atoms with Gasteiger partial charge in [0.2, 0.25) is 0 Å². The summed E-state index contributed by atoms with van der Waals surface area (Å²) in [7, 11) is 0. The number of fused-ring (bicyclic) bond motifs is 8. The van der Waals surface area contributed by atoms with Crippen molar-refractivity contribution in [2.75, 3.05) is 0 Å². The molecule has 0 aromatic carbocycles. The van der Waals surface area contributed by atoms with Gasteiger partial charge in [-0.05, 0) is 0 Å². The van der Waals surface area contributed by atoms with Crippen LogP contribution in [0.5, 0.6) is 0 Å². The predicted molar refractivity (Wildman–Crippen MR) is 104 cm³/mol. The van der Waals surface area contributed by atoms with Gasteiger partial charge in [-0.1, -0.05) is 57.8 Å². The summed E-state index contributed by atoms with van der Waals surface area (Å²) in [6.45, 7) is 0. The monoisotopic (exact) mass is 346 g/mol. The third kappa shape index (κ3) is 4.03. The second kappa shape index (κ2) is 7.53. The van der Waals surface area contributed by atoms with Crippen molar-refractivity contribution in [3.8, 4) is 0 Å². The number of allylic oxidation sites excluding steroid dienone is 3. The smallest absolute Gasteiger partial charge is 0.685 e. The van der Waals surface area contributed by atoms with E-state index in [1.54, 1.807) is 0 Å². The molecule has 130 valence electrons. The minimum atomic E-state index is 0. The Morgan fingerprint density at radius 3 is 1.76 bits per heavy atom. The molecule has 4 nitrogen and oxygen atoms in total. The van der Waals surface area contributed by atoms with Gasteiger partial charge in [0, 0.05) is 0 Å². The van der Waals surface area contributed by atoms with Crippen LogP contribution in [0.4, 0.5) is 0 Å². The number of nitrogens with zero attached hydrogens (tertiary/aromatic N) is 4. The number of rotatable bonds is 0. The fourth-order valence-electron chi connectivity index (χ4n) is 4.80. The Balaban J connectivity index is 0.00000157. The summed E-state index contributed by atoms with van der Waals surface area (Å²) in [5, 5.41) is 19.9. The Labute approximate surface area is 167 Å². The SMILES string of the molecule is C1=C2/CCC(/C=C3/CCC(CC4CC/C(=C/C5CCC/1[N-]5)[N-]4)[N-]3)[N-]2.[Mg+2]. The molecule has 5 aliphatic heterocycles. The average Bonchev–Trinajstić information content (AvgIpc) is 3.32. The third-order valence-corrected chi connectivity index (χ3v) is 6.03. The first-order valence-corrected chi connectivity index (χ1v) is 9.75. The topological polar surface area (TPSA) is 56.4 Å². The summed E-state index contributed by atoms with van der Waals surface area (Å²) < 4.78 is 0. The van der Waals surface area contributed by atoms with E-state index in [-0.39, 0.29) is 23.1 Å². The van der Waals surface area contributed by atoms with E-state index in [1.807, 2.05) is 0 Å². The second-order valence-corrected chi connectivity index (χ2v) is 7.95. The molecule has 0 N–H and O–H groups in total. The Morgan fingerprint density at radius 2 is 1.12 bits per heavy atom. The van der Waals surface area contributed by atoms with Crippen molar-refractivity contribution >= 4 is 23.1 Å². The molecule has 0 spiro atoms. The summed E-state index contributed by atoms with van der Waals surface area (Å²) in [4.78, 5) is 0. The van der Waals surface area contributed by atoms with E-state index in [0.29, 0.717) is 30.2 Å². The maximum Gasteiger partial charge on any atom is 2.00 e. The molecule has 0 saturated carbocycles. The van der Waals surface area contributed by atoms with Gasteiger partial charge in [-0.3, -0.25) is 0 Å². The zero-order valence-corrected chi connectivity index (χ0v) is 16.4. The Bertz CT molecular complexity index is 597. The van der Waals surface area contributed by atoms with Crippen LogP contribution in [0.2, 0.25) is 0 Å². The minimum Gasteiger partial charge on any atom is -0.685 e.